The number of aliphatic hydroxyl groups is 1. The standard InChI is InChI=1S/C20H21N3O3/c1-20(2)19(25)18(15-10-13(11-21)8-9-16(15)26-20)23(12-17(22)24)14-6-4-3-5-7-14/h3-10,18-19,25H,12H2,1-2H3,(H2,22,24). The van der Waals surface area contributed by atoms with Crippen molar-refractivity contribution in [3.05, 3.63) is 59.7 Å². The predicted molar refractivity (Wildman–Crippen MR) is 97.6 cm³/mol. The molecule has 2 atom stereocenters. The van der Waals surface area contributed by atoms with Crippen LogP contribution in [0.5, 0.6) is 5.75 Å². The van der Waals surface area contributed by atoms with E-state index in [1.807, 2.05) is 30.3 Å². The lowest BCUT2D eigenvalue weighted by Crippen LogP contribution is -2.55. The number of ether oxygens (including phenoxy) is 1. The minimum atomic E-state index is -0.941. The van der Waals surface area contributed by atoms with Gasteiger partial charge in [-0.1, -0.05) is 18.2 Å². The number of fused-ring (bicyclic) bond motifs is 1. The van der Waals surface area contributed by atoms with E-state index in [1.165, 1.54) is 0 Å². The summed E-state index contributed by atoms with van der Waals surface area (Å²) in [4.78, 5) is 13.5. The van der Waals surface area contributed by atoms with Crippen molar-refractivity contribution in [2.75, 3.05) is 11.4 Å². The Balaban J connectivity index is 2.18. The van der Waals surface area contributed by atoms with E-state index >= 15 is 0 Å². The van der Waals surface area contributed by atoms with Gasteiger partial charge in [0.25, 0.3) is 0 Å². The van der Waals surface area contributed by atoms with Crippen LogP contribution in [-0.2, 0) is 4.79 Å². The number of hydrogen-bond donors (Lipinski definition) is 2. The average molecular weight is 351 g/mol. The number of nitrogens with zero attached hydrogens (tertiary/aromatic N) is 2. The summed E-state index contributed by atoms with van der Waals surface area (Å²) in [5.41, 5.74) is 6.46. The number of hydrogen-bond acceptors (Lipinski definition) is 5. The molecule has 3 N–H and O–H groups in total. The topological polar surface area (TPSA) is 99.6 Å². The summed E-state index contributed by atoms with van der Waals surface area (Å²) < 4.78 is 5.95. The highest BCUT2D eigenvalue weighted by molar-refractivity contribution is 5.80. The van der Waals surface area contributed by atoms with Crippen molar-refractivity contribution in [3.8, 4) is 11.8 Å². The maximum Gasteiger partial charge on any atom is 0.236 e. The Morgan fingerprint density at radius 2 is 2.00 bits per heavy atom. The molecule has 1 heterocycles. The van der Waals surface area contributed by atoms with E-state index in [2.05, 4.69) is 6.07 Å². The zero-order valence-electron chi connectivity index (χ0n) is 14.7. The van der Waals surface area contributed by atoms with Crippen molar-refractivity contribution >= 4 is 11.6 Å². The van der Waals surface area contributed by atoms with E-state index in [1.54, 1.807) is 36.9 Å². The first kappa shape index (κ1) is 17.8. The lowest BCUT2D eigenvalue weighted by Gasteiger charge is -2.46. The van der Waals surface area contributed by atoms with E-state index < -0.39 is 23.7 Å². The van der Waals surface area contributed by atoms with Crippen molar-refractivity contribution in [2.24, 2.45) is 5.73 Å². The molecular weight excluding hydrogens is 330 g/mol. The molecule has 0 aliphatic carbocycles. The number of nitrogens with two attached hydrogens (primary N) is 1. The number of anilines is 1. The number of benzene rings is 2. The van der Waals surface area contributed by atoms with Crippen LogP contribution in [0.25, 0.3) is 0 Å². The van der Waals surface area contributed by atoms with E-state index in [-0.39, 0.29) is 6.54 Å². The van der Waals surface area contributed by atoms with Gasteiger partial charge in [0.2, 0.25) is 5.91 Å². The fourth-order valence-electron chi connectivity index (χ4n) is 3.31. The lowest BCUT2D eigenvalue weighted by atomic mass is 9.84. The Labute approximate surface area is 152 Å². The van der Waals surface area contributed by atoms with Crippen molar-refractivity contribution in [3.63, 3.8) is 0 Å². The summed E-state index contributed by atoms with van der Waals surface area (Å²) in [6, 6.07) is 15.9. The van der Waals surface area contributed by atoms with E-state index in [4.69, 9.17) is 10.5 Å². The van der Waals surface area contributed by atoms with Gasteiger partial charge in [-0.2, -0.15) is 5.26 Å². The zero-order valence-corrected chi connectivity index (χ0v) is 14.7. The van der Waals surface area contributed by atoms with Gasteiger partial charge in [-0.25, -0.2) is 0 Å². The van der Waals surface area contributed by atoms with Gasteiger partial charge in [0.15, 0.2) is 0 Å². The van der Waals surface area contributed by atoms with Gasteiger partial charge < -0.3 is 20.5 Å². The summed E-state index contributed by atoms with van der Waals surface area (Å²) >= 11 is 0. The fourth-order valence-corrected chi connectivity index (χ4v) is 3.31. The predicted octanol–water partition coefficient (Wildman–Crippen LogP) is 2.12. The van der Waals surface area contributed by atoms with Crippen molar-refractivity contribution in [1.82, 2.24) is 0 Å². The normalized spacial score (nSPS) is 20.4. The van der Waals surface area contributed by atoms with Crippen LogP contribution < -0.4 is 15.4 Å². The minimum absolute atomic E-state index is 0.0714. The number of nitriles is 1. The quantitative estimate of drug-likeness (QED) is 0.879. The van der Waals surface area contributed by atoms with Gasteiger partial charge in [0.05, 0.1) is 24.2 Å². The third-order valence-corrected chi connectivity index (χ3v) is 4.59. The average Bonchev–Trinajstić information content (AvgIpc) is 2.61. The van der Waals surface area contributed by atoms with Crippen molar-refractivity contribution in [2.45, 2.75) is 31.6 Å². The summed E-state index contributed by atoms with van der Waals surface area (Å²) in [6.45, 7) is 3.51. The molecule has 1 amide bonds. The van der Waals surface area contributed by atoms with Gasteiger partial charge in [0, 0.05) is 11.3 Å². The molecule has 26 heavy (non-hydrogen) atoms. The second kappa shape index (κ2) is 6.70. The van der Waals surface area contributed by atoms with Crippen LogP contribution in [0.4, 0.5) is 5.69 Å². The second-order valence-corrected chi connectivity index (χ2v) is 6.89. The van der Waals surface area contributed by atoms with Crippen molar-refractivity contribution in [1.29, 1.82) is 5.26 Å². The maximum atomic E-state index is 11.7. The molecule has 2 unspecified atom stereocenters. The third kappa shape index (κ3) is 3.22. The number of para-hydroxylation sites is 1. The molecule has 0 saturated carbocycles. The van der Waals surface area contributed by atoms with Crippen molar-refractivity contribution < 1.29 is 14.6 Å². The Kier molecular flexibility index (Phi) is 4.58. The lowest BCUT2D eigenvalue weighted by molar-refractivity contribution is -0.117. The maximum absolute atomic E-state index is 11.7. The highest BCUT2D eigenvalue weighted by Crippen LogP contribution is 2.44. The first-order valence-corrected chi connectivity index (χ1v) is 8.34. The Morgan fingerprint density at radius 3 is 2.62 bits per heavy atom. The van der Waals surface area contributed by atoms with Gasteiger partial charge in [-0.3, -0.25) is 4.79 Å². The largest absolute Gasteiger partial charge is 0.485 e. The molecule has 0 spiro atoms. The molecule has 1 aliphatic rings. The zero-order chi connectivity index (χ0) is 18.9. The second-order valence-electron chi connectivity index (χ2n) is 6.89. The van der Waals surface area contributed by atoms with Crippen LogP contribution in [0.3, 0.4) is 0 Å². The third-order valence-electron chi connectivity index (χ3n) is 4.59. The fraction of sp³-hybridized carbons (Fsp3) is 0.300. The number of carbonyl (C=O) groups is 1. The first-order chi connectivity index (χ1) is 12.3. The van der Waals surface area contributed by atoms with Gasteiger partial charge in [0.1, 0.15) is 17.5 Å². The number of rotatable bonds is 4. The molecule has 1 aliphatic heterocycles. The van der Waals surface area contributed by atoms with Crippen LogP contribution in [0.2, 0.25) is 0 Å². The number of aliphatic hydroxyl groups excluding tert-OH is 1. The molecule has 2 aromatic carbocycles. The monoisotopic (exact) mass is 351 g/mol. The molecular formula is C20H21N3O3. The van der Waals surface area contributed by atoms with E-state index in [9.17, 15) is 15.2 Å². The van der Waals surface area contributed by atoms with Crippen LogP contribution >= 0.6 is 0 Å². The molecule has 2 aromatic rings. The van der Waals surface area contributed by atoms with Gasteiger partial charge in [-0.05, 0) is 44.2 Å². The van der Waals surface area contributed by atoms with Crippen LogP contribution in [0.15, 0.2) is 48.5 Å². The molecule has 0 bridgehead atoms. The molecule has 0 fully saturated rings. The van der Waals surface area contributed by atoms with Crippen LogP contribution in [-0.4, -0.2) is 29.3 Å². The number of amides is 1. The molecule has 0 radical (unpaired) electrons. The van der Waals surface area contributed by atoms with Crippen LogP contribution in [0, 0.1) is 11.3 Å². The molecule has 3 rings (SSSR count). The first-order valence-electron chi connectivity index (χ1n) is 8.34. The minimum Gasteiger partial charge on any atom is -0.485 e. The molecule has 6 nitrogen and oxygen atoms in total. The molecule has 0 saturated heterocycles. The van der Waals surface area contributed by atoms with E-state index in [0.29, 0.717) is 16.9 Å². The smallest absolute Gasteiger partial charge is 0.236 e. The molecule has 134 valence electrons. The molecule has 0 aromatic heterocycles. The summed E-state index contributed by atoms with van der Waals surface area (Å²) in [7, 11) is 0. The Bertz CT molecular complexity index is 858. The highest BCUT2D eigenvalue weighted by Gasteiger charge is 2.46. The summed E-state index contributed by atoms with van der Waals surface area (Å²) in [5.74, 6) is 0.0676. The van der Waals surface area contributed by atoms with E-state index in [0.717, 1.165) is 5.69 Å². The summed E-state index contributed by atoms with van der Waals surface area (Å²) in [6.07, 6.45) is -0.941. The Hall–Kier alpha value is -3.04. The Morgan fingerprint density at radius 1 is 1.31 bits per heavy atom. The highest BCUT2D eigenvalue weighted by atomic mass is 16.5. The molecule has 6 heteroatoms. The van der Waals surface area contributed by atoms with Gasteiger partial charge >= 0.3 is 0 Å². The van der Waals surface area contributed by atoms with Crippen LogP contribution in [0.1, 0.15) is 31.0 Å². The number of carbonyl (C=O) groups excluding carboxylic acids is 1. The number of primary amides is 1. The SMILES string of the molecule is CC1(C)Oc2ccc(C#N)cc2C(N(CC(N)=O)c2ccccc2)C1O. The van der Waals surface area contributed by atoms with Gasteiger partial charge in [-0.15, -0.1) is 0 Å². The summed E-state index contributed by atoms with van der Waals surface area (Å²) in [5, 5.41) is 20.3.